The number of rotatable bonds is 10. The molecule has 4 aromatic rings. The second kappa shape index (κ2) is 9.61. The molecule has 2 N–H and O–H groups in total. The molecular formula is C21H22N6O4. The molecule has 0 aliphatic heterocycles. The first-order valence-corrected chi connectivity index (χ1v) is 9.69. The maximum atomic E-state index is 12.1. The van der Waals surface area contributed by atoms with E-state index in [0.29, 0.717) is 42.6 Å². The number of ether oxygens (including phenoxy) is 2. The van der Waals surface area contributed by atoms with E-state index in [-0.39, 0.29) is 12.5 Å². The molecule has 0 atom stereocenters. The minimum absolute atomic E-state index is 0.0873. The zero-order valence-electron chi connectivity index (χ0n) is 16.9. The highest BCUT2D eigenvalue weighted by molar-refractivity contribution is 5.86. The zero-order chi connectivity index (χ0) is 21.5. The predicted octanol–water partition coefficient (Wildman–Crippen LogP) is 2.24. The molecule has 1 amide bonds. The molecule has 1 aromatic carbocycles. The predicted molar refractivity (Wildman–Crippen MR) is 113 cm³/mol. The average molecular weight is 422 g/mol. The number of furan rings is 1. The Hall–Kier alpha value is -4.08. The van der Waals surface area contributed by atoms with E-state index in [4.69, 9.17) is 13.9 Å². The number of hydrogen-bond donors (Lipinski definition) is 2. The summed E-state index contributed by atoms with van der Waals surface area (Å²) in [4.78, 5) is 20.7. The Labute approximate surface area is 178 Å². The van der Waals surface area contributed by atoms with E-state index < -0.39 is 0 Å². The molecule has 0 aliphatic rings. The lowest BCUT2D eigenvalue weighted by molar-refractivity contribution is -0.123. The second-order valence-electron chi connectivity index (χ2n) is 6.58. The van der Waals surface area contributed by atoms with Gasteiger partial charge in [0.15, 0.2) is 12.3 Å². The van der Waals surface area contributed by atoms with Crippen LogP contribution in [0, 0.1) is 0 Å². The summed E-state index contributed by atoms with van der Waals surface area (Å²) in [5.41, 5.74) is 0.679. The van der Waals surface area contributed by atoms with Crippen molar-refractivity contribution in [3.8, 4) is 11.5 Å². The van der Waals surface area contributed by atoms with Gasteiger partial charge in [0.1, 0.15) is 29.4 Å². The van der Waals surface area contributed by atoms with Crippen LogP contribution in [0.3, 0.4) is 0 Å². The average Bonchev–Trinajstić information content (AvgIpc) is 3.47. The van der Waals surface area contributed by atoms with Crippen LogP contribution in [-0.4, -0.2) is 45.9 Å². The molecule has 0 saturated heterocycles. The van der Waals surface area contributed by atoms with Crippen LogP contribution in [0.15, 0.2) is 59.6 Å². The zero-order valence-corrected chi connectivity index (χ0v) is 16.9. The smallest absolute Gasteiger partial charge is 0.258 e. The number of benzene rings is 1. The van der Waals surface area contributed by atoms with Crippen LogP contribution in [0.25, 0.3) is 11.0 Å². The van der Waals surface area contributed by atoms with Crippen LogP contribution >= 0.6 is 0 Å². The van der Waals surface area contributed by atoms with Crippen molar-refractivity contribution in [2.75, 3.05) is 25.6 Å². The highest BCUT2D eigenvalue weighted by atomic mass is 16.5. The monoisotopic (exact) mass is 422 g/mol. The number of methoxy groups -OCH3 is 1. The number of carbonyl (C=O) groups is 1. The van der Waals surface area contributed by atoms with Gasteiger partial charge in [0, 0.05) is 12.6 Å². The van der Waals surface area contributed by atoms with Gasteiger partial charge >= 0.3 is 0 Å². The van der Waals surface area contributed by atoms with E-state index in [1.165, 1.54) is 6.33 Å². The third-order valence-corrected chi connectivity index (χ3v) is 4.50. The molecule has 31 heavy (non-hydrogen) atoms. The summed E-state index contributed by atoms with van der Waals surface area (Å²) >= 11 is 0. The van der Waals surface area contributed by atoms with Gasteiger partial charge in [-0.05, 0) is 24.3 Å². The van der Waals surface area contributed by atoms with Gasteiger partial charge in [-0.2, -0.15) is 5.10 Å². The Balaban J connectivity index is 1.28. The van der Waals surface area contributed by atoms with Crippen molar-refractivity contribution in [2.24, 2.45) is 0 Å². The van der Waals surface area contributed by atoms with Crippen molar-refractivity contribution in [2.45, 2.75) is 13.1 Å². The quantitative estimate of drug-likeness (QED) is 0.400. The van der Waals surface area contributed by atoms with Gasteiger partial charge in [-0.3, -0.25) is 4.79 Å². The number of amides is 1. The van der Waals surface area contributed by atoms with Gasteiger partial charge < -0.3 is 24.5 Å². The van der Waals surface area contributed by atoms with Gasteiger partial charge in [0.25, 0.3) is 5.91 Å². The number of nitrogens with one attached hydrogen (secondary N) is 2. The minimum atomic E-state index is -0.227. The van der Waals surface area contributed by atoms with E-state index in [9.17, 15) is 4.79 Å². The standard InChI is InChI=1S/C21H22N6O4/c1-29-15-4-2-5-16(10-15)31-13-19(28)22-7-8-27-21-18(12-26-27)20(24-14-25-21)23-11-17-6-3-9-30-17/h2-6,9-10,12,14H,7-8,11,13H2,1H3,(H,22,28)(H,23,24,25). The fourth-order valence-electron chi connectivity index (χ4n) is 2.97. The Morgan fingerprint density at radius 3 is 2.94 bits per heavy atom. The normalized spacial score (nSPS) is 10.7. The Morgan fingerprint density at radius 1 is 1.19 bits per heavy atom. The summed E-state index contributed by atoms with van der Waals surface area (Å²) in [6, 6.07) is 10.8. The van der Waals surface area contributed by atoms with Gasteiger partial charge in [-0.15, -0.1) is 0 Å². The SMILES string of the molecule is COc1cccc(OCC(=O)NCCn2ncc3c(NCc4ccco4)ncnc32)c1. The highest BCUT2D eigenvalue weighted by Gasteiger charge is 2.11. The molecule has 4 rings (SSSR count). The molecule has 10 heteroatoms. The van der Waals surface area contributed by atoms with Crippen LogP contribution in [0.2, 0.25) is 0 Å². The van der Waals surface area contributed by atoms with Crippen LogP contribution in [0.1, 0.15) is 5.76 Å². The Bertz CT molecular complexity index is 1140. The van der Waals surface area contributed by atoms with E-state index in [0.717, 1.165) is 11.1 Å². The Morgan fingerprint density at radius 2 is 2.10 bits per heavy atom. The van der Waals surface area contributed by atoms with Crippen molar-refractivity contribution in [1.29, 1.82) is 0 Å². The summed E-state index contributed by atoms with van der Waals surface area (Å²) in [5.74, 6) is 2.48. The topological polar surface area (TPSA) is 116 Å². The molecule has 0 fully saturated rings. The molecule has 0 radical (unpaired) electrons. The maximum absolute atomic E-state index is 12.1. The molecule has 0 aliphatic carbocycles. The summed E-state index contributed by atoms with van der Waals surface area (Å²) in [6.45, 7) is 1.27. The van der Waals surface area contributed by atoms with E-state index in [2.05, 4.69) is 25.7 Å². The maximum Gasteiger partial charge on any atom is 0.258 e. The third kappa shape index (κ3) is 5.10. The van der Waals surface area contributed by atoms with E-state index in [1.807, 2.05) is 18.2 Å². The first-order valence-electron chi connectivity index (χ1n) is 9.69. The fraction of sp³-hybridized carbons (Fsp3) is 0.238. The molecule has 0 bridgehead atoms. The van der Waals surface area contributed by atoms with Crippen LogP contribution in [0.5, 0.6) is 11.5 Å². The lowest BCUT2D eigenvalue weighted by atomic mass is 10.3. The fourth-order valence-corrected chi connectivity index (χ4v) is 2.97. The highest BCUT2D eigenvalue weighted by Crippen LogP contribution is 2.20. The van der Waals surface area contributed by atoms with E-state index in [1.54, 1.807) is 42.5 Å². The molecule has 0 saturated carbocycles. The molecule has 0 unspecified atom stereocenters. The second-order valence-corrected chi connectivity index (χ2v) is 6.58. The third-order valence-electron chi connectivity index (χ3n) is 4.50. The van der Waals surface area contributed by atoms with E-state index >= 15 is 0 Å². The van der Waals surface area contributed by atoms with Crippen LogP contribution in [0.4, 0.5) is 5.82 Å². The van der Waals surface area contributed by atoms with Crippen molar-refractivity contribution in [3.63, 3.8) is 0 Å². The van der Waals surface area contributed by atoms with Crippen molar-refractivity contribution < 1.29 is 18.7 Å². The molecule has 10 nitrogen and oxygen atoms in total. The van der Waals surface area contributed by atoms with Gasteiger partial charge in [-0.25, -0.2) is 14.6 Å². The summed E-state index contributed by atoms with van der Waals surface area (Å²) in [5, 5.41) is 11.2. The van der Waals surface area contributed by atoms with Gasteiger partial charge in [0.2, 0.25) is 0 Å². The molecule has 0 spiro atoms. The van der Waals surface area contributed by atoms with Gasteiger partial charge in [-0.1, -0.05) is 6.07 Å². The van der Waals surface area contributed by atoms with Gasteiger partial charge in [0.05, 0.1) is 38.0 Å². The molecule has 160 valence electrons. The largest absolute Gasteiger partial charge is 0.497 e. The first kappa shape index (κ1) is 20.2. The number of hydrogen-bond acceptors (Lipinski definition) is 8. The van der Waals surface area contributed by atoms with Crippen LogP contribution < -0.4 is 20.1 Å². The number of nitrogens with zero attached hydrogens (tertiary/aromatic N) is 4. The Kier molecular flexibility index (Phi) is 6.26. The van der Waals surface area contributed by atoms with Crippen molar-refractivity contribution in [3.05, 3.63) is 60.9 Å². The molecular weight excluding hydrogens is 400 g/mol. The number of aromatic nitrogens is 4. The number of carbonyl (C=O) groups excluding carboxylic acids is 1. The molecule has 3 aromatic heterocycles. The molecule has 3 heterocycles. The lowest BCUT2D eigenvalue weighted by Crippen LogP contribution is -2.31. The first-order chi connectivity index (χ1) is 15.2. The van der Waals surface area contributed by atoms with Crippen molar-refractivity contribution in [1.82, 2.24) is 25.1 Å². The summed E-state index contributed by atoms with van der Waals surface area (Å²) in [6.07, 6.45) is 4.81. The summed E-state index contributed by atoms with van der Waals surface area (Å²) < 4.78 is 17.7. The number of anilines is 1. The lowest BCUT2D eigenvalue weighted by Gasteiger charge is -2.09. The minimum Gasteiger partial charge on any atom is -0.497 e. The summed E-state index contributed by atoms with van der Waals surface area (Å²) in [7, 11) is 1.58. The van der Waals surface area contributed by atoms with Crippen LogP contribution in [-0.2, 0) is 17.9 Å². The number of fused-ring (bicyclic) bond motifs is 1. The van der Waals surface area contributed by atoms with Crippen molar-refractivity contribution >= 4 is 22.8 Å².